The van der Waals surface area contributed by atoms with E-state index >= 15 is 0 Å². The Balaban J connectivity index is 0.000000611. The summed E-state index contributed by atoms with van der Waals surface area (Å²) in [5, 5.41) is 12.6. The molecule has 1 aliphatic heterocycles. The fourth-order valence-corrected chi connectivity index (χ4v) is 4.70. The standard InChI is InChI=1S/C25H34F3N3O.C6H12O2/c1-4-6-7-8-10-20(5-2)29-24-17(3)21-11-9-14-32-16-18-15-19(25(26,27)28)12-13-22(18)23(21)30-31-24;1-3-5-6(7)8-4-2/h12-13,15,20H,4-11,14,16H2,1-3H3,(H,29,31);3-5H2,1-2H3. The smallest absolute Gasteiger partial charge is 0.416 e. The number of unbranched alkanes of at least 4 members (excludes halogenated alkanes) is 3. The number of halogens is 3. The van der Waals surface area contributed by atoms with E-state index in [2.05, 4.69) is 34.1 Å². The van der Waals surface area contributed by atoms with Gasteiger partial charge >= 0.3 is 12.1 Å². The number of aromatic nitrogens is 2. The van der Waals surface area contributed by atoms with Crippen molar-refractivity contribution in [2.75, 3.05) is 18.5 Å². The van der Waals surface area contributed by atoms with E-state index in [9.17, 15) is 18.0 Å². The number of esters is 1. The van der Waals surface area contributed by atoms with Gasteiger partial charge in [0.05, 0.1) is 24.5 Å². The van der Waals surface area contributed by atoms with Gasteiger partial charge in [0, 0.05) is 24.6 Å². The molecule has 1 unspecified atom stereocenters. The van der Waals surface area contributed by atoms with E-state index in [1.807, 2.05) is 20.8 Å². The van der Waals surface area contributed by atoms with E-state index in [0.717, 1.165) is 55.1 Å². The second-order valence-corrected chi connectivity index (χ2v) is 10.2. The first kappa shape index (κ1) is 33.5. The average molecular weight is 566 g/mol. The Bertz CT molecular complexity index is 1050. The number of nitrogens with zero attached hydrogens (tertiary/aromatic N) is 2. The third kappa shape index (κ3) is 10.4. The minimum absolute atomic E-state index is 0.0880. The van der Waals surface area contributed by atoms with Crippen LogP contribution in [0.25, 0.3) is 11.3 Å². The monoisotopic (exact) mass is 565 g/mol. The van der Waals surface area contributed by atoms with Crippen LogP contribution in [0.15, 0.2) is 18.2 Å². The Labute approximate surface area is 237 Å². The molecule has 1 aromatic heterocycles. The zero-order valence-electron chi connectivity index (χ0n) is 24.8. The van der Waals surface area contributed by atoms with Crippen LogP contribution >= 0.6 is 0 Å². The lowest BCUT2D eigenvalue weighted by Crippen LogP contribution is -2.21. The number of nitrogens with one attached hydrogen (secondary N) is 1. The van der Waals surface area contributed by atoms with Crippen LogP contribution in [0.1, 0.15) is 108 Å². The molecule has 3 rings (SSSR count). The molecular weight excluding hydrogens is 519 g/mol. The molecular formula is C31H46F3N3O3. The van der Waals surface area contributed by atoms with Gasteiger partial charge in [-0.15, -0.1) is 10.2 Å². The second kappa shape index (κ2) is 17.2. The zero-order chi connectivity index (χ0) is 29.5. The number of ether oxygens (including phenoxy) is 2. The summed E-state index contributed by atoms with van der Waals surface area (Å²) in [6.07, 6.45) is 5.55. The fraction of sp³-hybridized carbons (Fsp3) is 0.645. The summed E-state index contributed by atoms with van der Waals surface area (Å²) in [5.41, 5.74) is 3.23. The first-order chi connectivity index (χ1) is 19.2. The quantitative estimate of drug-likeness (QED) is 0.218. The van der Waals surface area contributed by atoms with Crippen LogP contribution in [-0.4, -0.2) is 35.4 Å². The number of hydrogen-bond acceptors (Lipinski definition) is 6. The number of hydrogen-bond donors (Lipinski definition) is 1. The molecule has 0 amide bonds. The molecule has 40 heavy (non-hydrogen) atoms. The molecule has 0 aliphatic carbocycles. The SMILES string of the molecule is CCCC(=O)OCC.CCCCCCC(CC)Nc1nnc2c(c1C)CCCOCc1cc(C(F)(F)F)ccc1-2. The van der Waals surface area contributed by atoms with Crippen molar-refractivity contribution in [3.8, 4) is 11.3 Å². The highest BCUT2D eigenvalue weighted by Gasteiger charge is 2.31. The maximum Gasteiger partial charge on any atom is 0.416 e. The molecule has 9 heteroatoms. The first-order valence-corrected chi connectivity index (χ1v) is 14.7. The van der Waals surface area contributed by atoms with Crippen molar-refractivity contribution in [1.29, 1.82) is 0 Å². The fourth-order valence-electron chi connectivity index (χ4n) is 4.70. The molecule has 1 aliphatic rings. The summed E-state index contributed by atoms with van der Waals surface area (Å²) in [6, 6.07) is 4.14. The van der Waals surface area contributed by atoms with Crippen molar-refractivity contribution < 1.29 is 27.4 Å². The molecule has 0 bridgehead atoms. The molecule has 1 atom stereocenters. The van der Waals surface area contributed by atoms with Crippen molar-refractivity contribution in [2.45, 2.75) is 118 Å². The van der Waals surface area contributed by atoms with E-state index in [1.54, 1.807) is 0 Å². The van der Waals surface area contributed by atoms with Gasteiger partial charge in [-0.1, -0.05) is 52.5 Å². The number of carbonyl (C=O) groups is 1. The lowest BCUT2D eigenvalue weighted by Gasteiger charge is -2.21. The summed E-state index contributed by atoms with van der Waals surface area (Å²) in [5.74, 6) is 0.690. The molecule has 0 saturated carbocycles. The number of carbonyl (C=O) groups excluding carboxylic acids is 1. The Morgan fingerprint density at radius 1 is 1.10 bits per heavy atom. The van der Waals surface area contributed by atoms with Gasteiger partial charge in [-0.25, -0.2) is 0 Å². The maximum absolute atomic E-state index is 13.2. The van der Waals surface area contributed by atoms with Crippen molar-refractivity contribution in [3.63, 3.8) is 0 Å². The van der Waals surface area contributed by atoms with Crippen molar-refractivity contribution in [2.24, 2.45) is 0 Å². The number of fused-ring (bicyclic) bond motifs is 3. The van der Waals surface area contributed by atoms with Crippen LogP contribution < -0.4 is 5.32 Å². The minimum Gasteiger partial charge on any atom is -0.466 e. The molecule has 0 fully saturated rings. The third-order valence-corrected chi connectivity index (χ3v) is 7.00. The molecule has 224 valence electrons. The number of benzene rings is 1. The predicted octanol–water partition coefficient (Wildman–Crippen LogP) is 8.44. The molecule has 2 heterocycles. The third-order valence-electron chi connectivity index (χ3n) is 7.00. The highest BCUT2D eigenvalue weighted by Crippen LogP contribution is 2.36. The number of anilines is 1. The molecule has 1 aromatic carbocycles. The number of alkyl halides is 3. The van der Waals surface area contributed by atoms with Gasteiger partial charge in [-0.05, 0) is 74.8 Å². The summed E-state index contributed by atoms with van der Waals surface area (Å²) < 4.78 is 50.0. The van der Waals surface area contributed by atoms with Crippen LogP contribution in [0.5, 0.6) is 0 Å². The largest absolute Gasteiger partial charge is 0.466 e. The second-order valence-electron chi connectivity index (χ2n) is 10.2. The van der Waals surface area contributed by atoms with E-state index < -0.39 is 11.7 Å². The predicted molar refractivity (Wildman–Crippen MR) is 153 cm³/mol. The summed E-state index contributed by atoms with van der Waals surface area (Å²) in [7, 11) is 0. The maximum atomic E-state index is 13.2. The molecule has 6 nitrogen and oxygen atoms in total. The highest BCUT2D eigenvalue weighted by molar-refractivity contribution is 5.71. The van der Waals surface area contributed by atoms with Gasteiger partial charge in [0.25, 0.3) is 0 Å². The van der Waals surface area contributed by atoms with Gasteiger partial charge in [-0.2, -0.15) is 13.2 Å². The zero-order valence-corrected chi connectivity index (χ0v) is 24.8. The summed E-state index contributed by atoms with van der Waals surface area (Å²) in [6.45, 7) is 11.3. The van der Waals surface area contributed by atoms with Crippen LogP contribution in [0.2, 0.25) is 0 Å². The summed E-state index contributed by atoms with van der Waals surface area (Å²) in [4.78, 5) is 10.4. The normalized spacial score (nSPS) is 13.9. The Hall–Kier alpha value is -2.68. The highest BCUT2D eigenvalue weighted by atomic mass is 19.4. The summed E-state index contributed by atoms with van der Waals surface area (Å²) >= 11 is 0. The minimum atomic E-state index is -4.39. The van der Waals surface area contributed by atoms with Crippen LogP contribution in [0.4, 0.5) is 19.0 Å². The lowest BCUT2D eigenvalue weighted by atomic mass is 9.94. The van der Waals surface area contributed by atoms with Crippen LogP contribution in [-0.2, 0) is 33.5 Å². The van der Waals surface area contributed by atoms with Gasteiger partial charge < -0.3 is 14.8 Å². The average Bonchev–Trinajstić information content (AvgIpc) is 3.00. The van der Waals surface area contributed by atoms with Gasteiger partial charge in [0.15, 0.2) is 5.82 Å². The van der Waals surface area contributed by atoms with E-state index in [4.69, 9.17) is 4.74 Å². The molecule has 0 radical (unpaired) electrons. The van der Waals surface area contributed by atoms with E-state index in [1.165, 1.54) is 37.8 Å². The molecule has 0 saturated heterocycles. The Morgan fingerprint density at radius 3 is 2.52 bits per heavy atom. The van der Waals surface area contributed by atoms with Crippen LogP contribution in [0.3, 0.4) is 0 Å². The van der Waals surface area contributed by atoms with Crippen molar-refractivity contribution in [3.05, 3.63) is 40.5 Å². The van der Waals surface area contributed by atoms with E-state index in [0.29, 0.717) is 42.5 Å². The van der Waals surface area contributed by atoms with Gasteiger partial charge in [0.2, 0.25) is 0 Å². The first-order valence-electron chi connectivity index (χ1n) is 14.7. The van der Waals surface area contributed by atoms with Crippen LogP contribution in [0, 0.1) is 6.92 Å². The van der Waals surface area contributed by atoms with Gasteiger partial charge in [-0.3, -0.25) is 4.79 Å². The molecule has 0 spiro atoms. The van der Waals surface area contributed by atoms with E-state index in [-0.39, 0.29) is 12.6 Å². The Morgan fingerprint density at radius 2 is 1.88 bits per heavy atom. The van der Waals surface area contributed by atoms with Crippen molar-refractivity contribution in [1.82, 2.24) is 10.2 Å². The Kier molecular flexibility index (Phi) is 14.4. The van der Waals surface area contributed by atoms with Gasteiger partial charge in [0.1, 0.15) is 0 Å². The topological polar surface area (TPSA) is 73.3 Å². The van der Waals surface area contributed by atoms with Crippen molar-refractivity contribution >= 4 is 11.8 Å². The molecule has 2 aromatic rings. The lowest BCUT2D eigenvalue weighted by molar-refractivity contribution is -0.143. The molecule has 1 N–H and O–H groups in total. The number of rotatable bonds is 11.